The molecule has 0 aliphatic carbocycles. The third-order valence-corrected chi connectivity index (χ3v) is 5.52. The molecule has 0 saturated heterocycles. The van der Waals surface area contributed by atoms with E-state index < -0.39 is 0 Å². The summed E-state index contributed by atoms with van der Waals surface area (Å²) >= 11 is 0. The van der Waals surface area contributed by atoms with Crippen molar-refractivity contribution in [2.75, 3.05) is 13.7 Å². The van der Waals surface area contributed by atoms with Gasteiger partial charge in [0.15, 0.2) is 11.5 Å². The second-order valence-electron chi connectivity index (χ2n) is 8.39. The van der Waals surface area contributed by atoms with Crippen molar-refractivity contribution < 1.29 is 19.4 Å². The summed E-state index contributed by atoms with van der Waals surface area (Å²) < 4.78 is 10.7. The molecule has 4 nitrogen and oxygen atoms in total. The largest absolute Gasteiger partial charge is 0.504 e. The number of hydrogen-bond acceptors (Lipinski definition) is 4. The van der Waals surface area contributed by atoms with Gasteiger partial charge in [0.1, 0.15) is 6.61 Å². The maximum Gasteiger partial charge on any atom is 0.310 e. The highest BCUT2D eigenvalue weighted by molar-refractivity contribution is 5.73. The van der Waals surface area contributed by atoms with Crippen LogP contribution in [0, 0.1) is 0 Å². The highest BCUT2D eigenvalue weighted by atomic mass is 16.5. The van der Waals surface area contributed by atoms with E-state index >= 15 is 0 Å². The van der Waals surface area contributed by atoms with Gasteiger partial charge in [0.2, 0.25) is 0 Å². The Morgan fingerprint density at radius 3 is 2.44 bits per heavy atom. The van der Waals surface area contributed by atoms with E-state index in [9.17, 15) is 9.90 Å². The summed E-state index contributed by atoms with van der Waals surface area (Å²) in [6.45, 7) is 4.76. The van der Waals surface area contributed by atoms with Gasteiger partial charge in [0.25, 0.3) is 0 Å². The number of ether oxygens (including phenoxy) is 2. The van der Waals surface area contributed by atoms with Crippen molar-refractivity contribution in [3.8, 4) is 11.5 Å². The zero-order valence-electron chi connectivity index (χ0n) is 20.5. The number of rotatable bonds is 18. The Morgan fingerprint density at radius 2 is 1.72 bits per heavy atom. The van der Waals surface area contributed by atoms with Gasteiger partial charge in [-0.05, 0) is 61.8 Å². The highest BCUT2D eigenvalue weighted by Crippen LogP contribution is 2.26. The van der Waals surface area contributed by atoms with Gasteiger partial charge in [0, 0.05) is 0 Å². The number of methoxy groups -OCH3 is 1. The second-order valence-corrected chi connectivity index (χ2v) is 8.39. The molecule has 0 unspecified atom stereocenters. The van der Waals surface area contributed by atoms with Crippen molar-refractivity contribution in [3.05, 3.63) is 47.6 Å². The SMILES string of the molecule is CCC=CCCCC(=CCCCCCCCCC)COC(=O)Cc1ccc(O)c(OC)c1. The average molecular weight is 445 g/mol. The van der Waals surface area contributed by atoms with E-state index in [2.05, 4.69) is 32.1 Å². The summed E-state index contributed by atoms with van der Waals surface area (Å²) in [6, 6.07) is 4.93. The van der Waals surface area contributed by atoms with Crippen LogP contribution in [0.3, 0.4) is 0 Å². The highest BCUT2D eigenvalue weighted by Gasteiger charge is 2.09. The number of hydrogen-bond donors (Lipinski definition) is 1. The molecule has 0 spiro atoms. The van der Waals surface area contributed by atoms with E-state index in [0.717, 1.165) is 37.7 Å². The first-order chi connectivity index (χ1) is 15.6. The predicted molar refractivity (Wildman–Crippen MR) is 133 cm³/mol. The van der Waals surface area contributed by atoms with Gasteiger partial charge in [-0.1, -0.05) is 76.7 Å². The van der Waals surface area contributed by atoms with Crippen molar-refractivity contribution in [1.29, 1.82) is 0 Å². The number of phenolic OH excluding ortho intramolecular Hbond substituents is 1. The molecule has 1 N–H and O–H groups in total. The average Bonchev–Trinajstić information content (AvgIpc) is 2.79. The Bertz CT molecular complexity index is 691. The van der Waals surface area contributed by atoms with Gasteiger partial charge < -0.3 is 14.6 Å². The molecule has 0 bridgehead atoms. The van der Waals surface area contributed by atoms with E-state index in [1.807, 2.05) is 0 Å². The summed E-state index contributed by atoms with van der Waals surface area (Å²) in [5, 5.41) is 9.70. The second kappa shape index (κ2) is 18.4. The molecule has 4 heteroatoms. The van der Waals surface area contributed by atoms with Gasteiger partial charge in [-0.2, -0.15) is 0 Å². The van der Waals surface area contributed by atoms with Crippen molar-refractivity contribution in [2.24, 2.45) is 0 Å². The zero-order valence-corrected chi connectivity index (χ0v) is 20.5. The van der Waals surface area contributed by atoms with Crippen LogP contribution in [0.4, 0.5) is 0 Å². The molecule has 0 aliphatic heterocycles. The minimum absolute atomic E-state index is 0.0670. The number of allylic oxidation sites excluding steroid dienone is 3. The monoisotopic (exact) mass is 444 g/mol. The lowest BCUT2D eigenvalue weighted by Crippen LogP contribution is -2.10. The molecule has 0 aliphatic rings. The van der Waals surface area contributed by atoms with E-state index in [1.165, 1.54) is 57.6 Å². The maximum absolute atomic E-state index is 12.4. The molecule has 32 heavy (non-hydrogen) atoms. The van der Waals surface area contributed by atoms with Crippen molar-refractivity contribution in [1.82, 2.24) is 0 Å². The number of carbonyl (C=O) groups excluding carboxylic acids is 1. The number of carbonyl (C=O) groups is 1. The lowest BCUT2D eigenvalue weighted by atomic mass is 10.0. The quantitative estimate of drug-likeness (QED) is 0.143. The summed E-state index contributed by atoms with van der Waals surface area (Å²) in [5.74, 6) is 0.175. The molecule has 0 atom stereocenters. The topological polar surface area (TPSA) is 55.8 Å². The van der Waals surface area contributed by atoms with E-state index in [-0.39, 0.29) is 18.1 Å². The minimum Gasteiger partial charge on any atom is -0.504 e. The molecular formula is C28H44O4. The molecule has 0 amide bonds. The molecule has 0 saturated carbocycles. The number of esters is 1. The van der Waals surface area contributed by atoms with Crippen LogP contribution in [-0.4, -0.2) is 24.8 Å². The van der Waals surface area contributed by atoms with Crippen molar-refractivity contribution in [2.45, 2.75) is 97.3 Å². The van der Waals surface area contributed by atoms with Gasteiger partial charge in [-0.25, -0.2) is 0 Å². The minimum atomic E-state index is -0.259. The molecule has 0 aromatic heterocycles. The van der Waals surface area contributed by atoms with Crippen LogP contribution in [0.5, 0.6) is 11.5 Å². The van der Waals surface area contributed by atoms with Crippen LogP contribution >= 0.6 is 0 Å². The molecule has 0 fully saturated rings. The maximum atomic E-state index is 12.4. The fourth-order valence-corrected chi connectivity index (χ4v) is 3.60. The smallest absolute Gasteiger partial charge is 0.310 e. The van der Waals surface area contributed by atoms with Gasteiger partial charge in [-0.15, -0.1) is 0 Å². The van der Waals surface area contributed by atoms with Gasteiger partial charge >= 0.3 is 5.97 Å². The first-order valence-electron chi connectivity index (χ1n) is 12.4. The first-order valence-corrected chi connectivity index (χ1v) is 12.4. The number of phenols is 1. The lowest BCUT2D eigenvalue weighted by molar-refractivity contribution is -0.141. The van der Waals surface area contributed by atoms with E-state index in [0.29, 0.717) is 12.4 Å². The molecule has 0 heterocycles. The molecule has 0 radical (unpaired) electrons. The van der Waals surface area contributed by atoms with E-state index in [4.69, 9.17) is 9.47 Å². The molecule has 1 rings (SSSR count). The summed E-state index contributed by atoms with van der Waals surface area (Å²) in [6.07, 6.45) is 21.2. The Morgan fingerprint density at radius 1 is 0.969 bits per heavy atom. The Balaban J connectivity index is 2.48. The molecule has 1 aromatic carbocycles. The Labute approximate surface area is 195 Å². The third-order valence-electron chi connectivity index (χ3n) is 5.52. The normalized spacial score (nSPS) is 11.8. The van der Waals surface area contributed by atoms with Gasteiger partial charge in [-0.3, -0.25) is 4.79 Å². The summed E-state index contributed by atoms with van der Waals surface area (Å²) in [4.78, 5) is 12.4. The Kier molecular flexibility index (Phi) is 15.9. The molecular weight excluding hydrogens is 400 g/mol. The number of aromatic hydroxyl groups is 1. The van der Waals surface area contributed by atoms with Crippen LogP contribution in [0.25, 0.3) is 0 Å². The first kappa shape index (κ1) is 27.8. The van der Waals surface area contributed by atoms with Crippen LogP contribution in [0.2, 0.25) is 0 Å². The molecule has 1 aromatic rings. The van der Waals surface area contributed by atoms with Crippen LogP contribution in [0.15, 0.2) is 42.0 Å². The summed E-state index contributed by atoms with van der Waals surface area (Å²) in [5.41, 5.74) is 1.99. The van der Waals surface area contributed by atoms with Gasteiger partial charge in [0.05, 0.1) is 13.5 Å². The number of benzene rings is 1. The summed E-state index contributed by atoms with van der Waals surface area (Å²) in [7, 11) is 1.50. The number of unbranched alkanes of at least 4 members (excludes halogenated alkanes) is 8. The van der Waals surface area contributed by atoms with Crippen LogP contribution < -0.4 is 4.74 Å². The fraction of sp³-hybridized carbons (Fsp3) is 0.607. The van der Waals surface area contributed by atoms with Crippen molar-refractivity contribution >= 4 is 5.97 Å². The predicted octanol–water partition coefficient (Wildman–Crippen LogP) is 7.69. The standard InChI is InChI=1S/C28H44O4/c1-4-6-8-10-11-12-14-16-18-24(17-15-13-9-7-5-2)23-32-28(30)22-25-19-20-26(29)27(21-25)31-3/h7,9,18-21,29H,4-6,8,10-17,22-23H2,1-3H3. The zero-order chi connectivity index (χ0) is 23.4. The lowest BCUT2D eigenvalue weighted by Gasteiger charge is -2.10. The Hall–Kier alpha value is -2.23. The van der Waals surface area contributed by atoms with Crippen LogP contribution in [-0.2, 0) is 16.0 Å². The van der Waals surface area contributed by atoms with Crippen LogP contribution in [0.1, 0.15) is 96.5 Å². The van der Waals surface area contributed by atoms with E-state index in [1.54, 1.807) is 18.2 Å². The fourth-order valence-electron chi connectivity index (χ4n) is 3.60. The van der Waals surface area contributed by atoms with Crippen molar-refractivity contribution in [3.63, 3.8) is 0 Å². The molecule has 180 valence electrons. The third kappa shape index (κ3) is 13.2.